The molecular weight excluding hydrogens is 190 g/mol. The quantitative estimate of drug-likeness (QED) is 0.669. The molecule has 3 N–H and O–H groups in total. The third-order valence-corrected chi connectivity index (χ3v) is 2.62. The molecule has 0 aliphatic heterocycles. The highest BCUT2D eigenvalue weighted by Gasteiger charge is 2.64. The molecule has 0 aromatic rings. The van der Waals surface area contributed by atoms with E-state index in [1.54, 1.807) is 0 Å². The molecule has 78 valence electrons. The summed E-state index contributed by atoms with van der Waals surface area (Å²) in [5, 5.41) is 8.83. The lowest BCUT2D eigenvalue weighted by atomic mass is 9.62. The van der Waals surface area contributed by atoms with E-state index in [0.717, 1.165) is 0 Å². The lowest BCUT2D eigenvalue weighted by Gasteiger charge is -2.48. The third-order valence-electron chi connectivity index (χ3n) is 2.62. The molecule has 1 saturated carbocycles. The van der Waals surface area contributed by atoms with Crippen LogP contribution in [0.3, 0.4) is 0 Å². The first-order chi connectivity index (χ1) is 5.85. The molecule has 0 bridgehead atoms. The number of hydrogen-bond acceptors (Lipinski definition) is 2. The van der Waals surface area contributed by atoms with Crippen molar-refractivity contribution in [2.45, 2.75) is 31.3 Å². The summed E-state index contributed by atoms with van der Waals surface area (Å²) in [5.41, 5.74) is 3.13. The lowest BCUT2D eigenvalue weighted by molar-refractivity contribution is -0.250. The summed E-state index contributed by atoms with van der Waals surface area (Å²) in [7, 11) is 0. The van der Waals surface area contributed by atoms with Crippen molar-refractivity contribution in [1.82, 2.24) is 0 Å². The lowest BCUT2D eigenvalue weighted by Crippen LogP contribution is -2.60. The molecule has 13 heavy (non-hydrogen) atoms. The summed E-state index contributed by atoms with van der Waals surface area (Å²) in [5.74, 6) is -4.10. The van der Waals surface area contributed by atoms with E-state index in [0.29, 0.717) is 0 Å². The van der Waals surface area contributed by atoms with Crippen LogP contribution in [-0.4, -0.2) is 30.1 Å². The predicted octanol–water partition coefficient (Wildman–Crippen LogP) is 0.987. The van der Waals surface area contributed by atoms with Crippen LogP contribution in [0.4, 0.5) is 17.6 Å². The SMILES string of the molecule is NCC1(C(F)(F)C(F)F)CC(O)C1. The fourth-order valence-electron chi connectivity index (χ4n) is 1.65. The fourth-order valence-corrected chi connectivity index (χ4v) is 1.65. The Labute approximate surface area is 72.7 Å². The smallest absolute Gasteiger partial charge is 0.314 e. The Morgan fingerprint density at radius 3 is 2.15 bits per heavy atom. The highest BCUT2D eigenvalue weighted by molar-refractivity contribution is 5.04. The average Bonchev–Trinajstić information content (AvgIpc) is 1.97. The normalized spacial score (nSPS) is 34.8. The second-order valence-electron chi connectivity index (χ2n) is 3.47. The Kier molecular flexibility index (Phi) is 2.55. The molecule has 1 aliphatic carbocycles. The fraction of sp³-hybridized carbons (Fsp3) is 1.00. The molecule has 1 fully saturated rings. The van der Waals surface area contributed by atoms with E-state index in [1.165, 1.54) is 0 Å². The van der Waals surface area contributed by atoms with E-state index >= 15 is 0 Å². The van der Waals surface area contributed by atoms with E-state index in [-0.39, 0.29) is 12.8 Å². The monoisotopic (exact) mass is 201 g/mol. The summed E-state index contributed by atoms with van der Waals surface area (Å²) < 4.78 is 49.7. The first-order valence-corrected chi connectivity index (χ1v) is 3.90. The topological polar surface area (TPSA) is 46.2 Å². The summed E-state index contributed by atoms with van der Waals surface area (Å²) in [6, 6.07) is 0. The molecule has 0 heterocycles. The summed E-state index contributed by atoms with van der Waals surface area (Å²) in [6.07, 6.45) is -5.33. The van der Waals surface area contributed by atoms with Crippen molar-refractivity contribution in [3.63, 3.8) is 0 Å². The molecule has 6 heteroatoms. The van der Waals surface area contributed by atoms with Crippen molar-refractivity contribution in [1.29, 1.82) is 0 Å². The van der Waals surface area contributed by atoms with Gasteiger partial charge in [0.2, 0.25) is 0 Å². The predicted molar refractivity (Wildman–Crippen MR) is 37.7 cm³/mol. The number of nitrogens with two attached hydrogens (primary N) is 1. The molecule has 1 aliphatic rings. The highest BCUT2D eigenvalue weighted by Crippen LogP contribution is 2.53. The maximum absolute atomic E-state index is 12.9. The number of hydrogen-bond donors (Lipinski definition) is 2. The Morgan fingerprint density at radius 1 is 1.46 bits per heavy atom. The molecule has 0 spiro atoms. The van der Waals surface area contributed by atoms with Gasteiger partial charge in [0, 0.05) is 6.54 Å². The van der Waals surface area contributed by atoms with Gasteiger partial charge in [-0.15, -0.1) is 0 Å². The van der Waals surface area contributed by atoms with Crippen LogP contribution >= 0.6 is 0 Å². The van der Waals surface area contributed by atoms with Gasteiger partial charge < -0.3 is 10.8 Å². The van der Waals surface area contributed by atoms with E-state index in [2.05, 4.69) is 0 Å². The van der Waals surface area contributed by atoms with Crippen molar-refractivity contribution in [3.05, 3.63) is 0 Å². The zero-order chi connectivity index (χ0) is 10.3. The van der Waals surface area contributed by atoms with Crippen LogP contribution in [0.15, 0.2) is 0 Å². The first-order valence-electron chi connectivity index (χ1n) is 3.90. The molecule has 0 unspecified atom stereocenters. The maximum Gasteiger partial charge on any atom is 0.314 e. The van der Waals surface area contributed by atoms with Gasteiger partial charge in [-0.05, 0) is 12.8 Å². The standard InChI is InChI=1S/C7H11F4NO/c8-5(9)7(10,11)6(3-12)1-4(13)2-6/h4-5,13H,1-3,12H2. The van der Waals surface area contributed by atoms with Crippen molar-refractivity contribution in [3.8, 4) is 0 Å². The highest BCUT2D eigenvalue weighted by atomic mass is 19.3. The molecular formula is C7H11F4NO. The Hall–Kier alpha value is -0.360. The van der Waals surface area contributed by atoms with Crippen LogP contribution in [0.25, 0.3) is 0 Å². The number of aliphatic hydroxyl groups excluding tert-OH is 1. The zero-order valence-electron chi connectivity index (χ0n) is 6.81. The molecule has 0 amide bonds. The molecule has 0 radical (unpaired) electrons. The van der Waals surface area contributed by atoms with Crippen molar-refractivity contribution >= 4 is 0 Å². The van der Waals surface area contributed by atoms with Crippen LogP contribution in [0, 0.1) is 5.41 Å². The number of halogens is 4. The molecule has 2 nitrogen and oxygen atoms in total. The van der Waals surface area contributed by atoms with Crippen LogP contribution in [0.2, 0.25) is 0 Å². The van der Waals surface area contributed by atoms with Crippen LogP contribution < -0.4 is 5.73 Å². The van der Waals surface area contributed by atoms with Gasteiger partial charge in [0.25, 0.3) is 0 Å². The number of rotatable bonds is 3. The minimum Gasteiger partial charge on any atom is -0.393 e. The van der Waals surface area contributed by atoms with Gasteiger partial charge in [0.05, 0.1) is 11.5 Å². The second-order valence-corrected chi connectivity index (χ2v) is 3.47. The van der Waals surface area contributed by atoms with E-state index in [9.17, 15) is 17.6 Å². The maximum atomic E-state index is 12.9. The van der Waals surface area contributed by atoms with Crippen molar-refractivity contribution in [2.24, 2.45) is 11.1 Å². The van der Waals surface area contributed by atoms with E-state index < -0.39 is 30.4 Å². The van der Waals surface area contributed by atoms with Gasteiger partial charge in [-0.3, -0.25) is 0 Å². The minimum atomic E-state index is -4.10. The summed E-state index contributed by atoms with van der Waals surface area (Å²) in [6.45, 7) is -0.526. The summed E-state index contributed by atoms with van der Waals surface area (Å²) in [4.78, 5) is 0. The van der Waals surface area contributed by atoms with Crippen molar-refractivity contribution < 1.29 is 22.7 Å². The Balaban J connectivity index is 2.78. The Bertz CT molecular complexity index is 191. The van der Waals surface area contributed by atoms with Gasteiger partial charge in [-0.2, -0.15) is 8.78 Å². The van der Waals surface area contributed by atoms with Crippen LogP contribution in [0.5, 0.6) is 0 Å². The van der Waals surface area contributed by atoms with E-state index in [1.807, 2.05) is 0 Å². The van der Waals surface area contributed by atoms with Gasteiger partial charge in [0.15, 0.2) is 0 Å². The second kappa shape index (κ2) is 3.09. The number of aliphatic hydroxyl groups is 1. The molecule has 0 atom stereocenters. The van der Waals surface area contributed by atoms with E-state index in [4.69, 9.17) is 10.8 Å². The van der Waals surface area contributed by atoms with Gasteiger partial charge in [-0.1, -0.05) is 0 Å². The van der Waals surface area contributed by atoms with Crippen LogP contribution in [0.1, 0.15) is 12.8 Å². The van der Waals surface area contributed by atoms with Gasteiger partial charge in [0.1, 0.15) is 0 Å². The molecule has 1 rings (SSSR count). The molecule has 0 aromatic carbocycles. The summed E-state index contributed by atoms with van der Waals surface area (Å²) >= 11 is 0. The average molecular weight is 201 g/mol. The van der Waals surface area contributed by atoms with Gasteiger partial charge >= 0.3 is 12.3 Å². The number of alkyl halides is 4. The molecule has 0 aromatic heterocycles. The third kappa shape index (κ3) is 1.42. The first kappa shape index (κ1) is 10.7. The van der Waals surface area contributed by atoms with Crippen molar-refractivity contribution in [2.75, 3.05) is 6.54 Å². The largest absolute Gasteiger partial charge is 0.393 e. The minimum absolute atomic E-state index is 0.346. The Morgan fingerprint density at radius 2 is 1.92 bits per heavy atom. The zero-order valence-corrected chi connectivity index (χ0v) is 6.81. The van der Waals surface area contributed by atoms with Crippen LogP contribution in [-0.2, 0) is 0 Å². The van der Waals surface area contributed by atoms with Gasteiger partial charge in [-0.25, -0.2) is 8.78 Å². The molecule has 0 saturated heterocycles.